The van der Waals surface area contributed by atoms with Crippen LogP contribution in [0.2, 0.25) is 0 Å². The number of rotatable bonds is 8. The quantitative estimate of drug-likeness (QED) is 0.463. The van der Waals surface area contributed by atoms with Gasteiger partial charge in [0.25, 0.3) is 0 Å². The number of fused-ring (bicyclic) bond motifs is 1. The van der Waals surface area contributed by atoms with Crippen molar-refractivity contribution in [1.82, 2.24) is 4.98 Å². The van der Waals surface area contributed by atoms with Crippen LogP contribution in [-0.2, 0) is 25.6 Å². The summed E-state index contributed by atoms with van der Waals surface area (Å²) in [4.78, 5) is 3.35. The van der Waals surface area contributed by atoms with Gasteiger partial charge in [-0.15, -0.1) is 0 Å². The molecular weight excluding hydrogens is 385 g/mol. The Hall–Kier alpha value is -2.07. The van der Waals surface area contributed by atoms with Crippen LogP contribution in [0.15, 0.2) is 48.5 Å². The fourth-order valence-corrected chi connectivity index (χ4v) is 5.49. The maximum atomic E-state index is 13.6. The first kappa shape index (κ1) is 21.6. The van der Waals surface area contributed by atoms with Gasteiger partial charge < -0.3 is 18.8 Å². The fourth-order valence-electron chi connectivity index (χ4n) is 3.50. The zero-order valence-electron chi connectivity index (χ0n) is 17.8. The highest BCUT2D eigenvalue weighted by atomic mass is 31.2. The minimum Gasteiger partial charge on any atom is -0.487 e. The first-order valence-electron chi connectivity index (χ1n) is 10.0. The molecule has 0 saturated heterocycles. The SMILES string of the molecule is CCOP(=O)(OCC)c1[nH]c2c(OCc3ccccc3)cccc2c1C(C)(C)C. The molecule has 3 aromatic rings. The molecule has 1 heterocycles. The summed E-state index contributed by atoms with van der Waals surface area (Å²) in [7, 11) is -3.49. The summed E-state index contributed by atoms with van der Waals surface area (Å²) >= 11 is 0. The number of ether oxygens (including phenoxy) is 1. The molecule has 3 rings (SSSR count). The Bertz CT molecular complexity index is 995. The molecule has 1 N–H and O–H groups in total. The van der Waals surface area contributed by atoms with Crippen LogP contribution in [0, 0.1) is 0 Å². The topological polar surface area (TPSA) is 60.5 Å². The Morgan fingerprint density at radius 1 is 0.931 bits per heavy atom. The number of hydrogen-bond donors (Lipinski definition) is 1. The number of hydrogen-bond acceptors (Lipinski definition) is 4. The Kier molecular flexibility index (Phi) is 6.52. The van der Waals surface area contributed by atoms with E-state index < -0.39 is 7.60 Å². The summed E-state index contributed by atoms with van der Waals surface area (Å²) in [6.45, 7) is 11.0. The molecule has 0 radical (unpaired) electrons. The Balaban J connectivity index is 2.13. The van der Waals surface area contributed by atoms with Crippen molar-refractivity contribution in [3.05, 3.63) is 59.7 Å². The molecular formula is C23H30NO4P. The molecule has 156 valence electrons. The van der Waals surface area contributed by atoms with Crippen molar-refractivity contribution in [2.24, 2.45) is 0 Å². The Morgan fingerprint density at radius 3 is 2.17 bits per heavy atom. The van der Waals surface area contributed by atoms with Gasteiger partial charge in [0.1, 0.15) is 17.8 Å². The molecule has 5 nitrogen and oxygen atoms in total. The maximum absolute atomic E-state index is 13.6. The first-order valence-corrected chi connectivity index (χ1v) is 11.6. The van der Waals surface area contributed by atoms with Gasteiger partial charge in [0.05, 0.1) is 18.7 Å². The van der Waals surface area contributed by atoms with E-state index in [1.165, 1.54) is 0 Å². The first-order chi connectivity index (χ1) is 13.8. The average molecular weight is 415 g/mol. The summed E-state index contributed by atoms with van der Waals surface area (Å²) < 4.78 is 31.0. The van der Waals surface area contributed by atoms with Crippen LogP contribution >= 0.6 is 7.60 Å². The molecule has 29 heavy (non-hydrogen) atoms. The van der Waals surface area contributed by atoms with E-state index in [1.807, 2.05) is 62.4 Å². The van der Waals surface area contributed by atoms with Gasteiger partial charge in [-0.1, -0.05) is 63.2 Å². The van der Waals surface area contributed by atoms with Gasteiger partial charge in [-0.05, 0) is 36.5 Å². The summed E-state index contributed by atoms with van der Waals surface area (Å²) in [5.41, 5.74) is 3.07. The lowest BCUT2D eigenvalue weighted by Crippen LogP contribution is -2.24. The third-order valence-electron chi connectivity index (χ3n) is 4.63. The number of H-pyrrole nitrogens is 1. The molecule has 2 aromatic carbocycles. The number of aromatic amines is 1. The second-order valence-electron chi connectivity index (χ2n) is 7.88. The van der Waals surface area contributed by atoms with Crippen LogP contribution in [0.3, 0.4) is 0 Å². The molecule has 0 atom stereocenters. The minimum atomic E-state index is -3.49. The fraction of sp³-hybridized carbons (Fsp3) is 0.391. The average Bonchev–Trinajstić information content (AvgIpc) is 3.09. The molecule has 1 aromatic heterocycles. The van der Waals surface area contributed by atoms with Gasteiger partial charge in [0.15, 0.2) is 0 Å². The minimum absolute atomic E-state index is 0.268. The van der Waals surface area contributed by atoms with Crippen LogP contribution in [0.1, 0.15) is 45.7 Å². The standard InChI is InChI=1S/C23H30NO4P/c1-6-27-29(25,28-7-2)22-20(23(3,4)5)18-14-11-15-19(21(18)24-22)26-16-17-12-9-8-10-13-17/h8-15,24H,6-7,16H2,1-5H3. The van der Waals surface area contributed by atoms with Crippen molar-refractivity contribution in [3.8, 4) is 5.75 Å². The molecule has 0 spiro atoms. The van der Waals surface area contributed by atoms with E-state index in [4.69, 9.17) is 13.8 Å². The van der Waals surface area contributed by atoms with Crippen molar-refractivity contribution in [1.29, 1.82) is 0 Å². The molecule has 6 heteroatoms. The predicted octanol–water partition coefficient (Wildman–Crippen LogP) is 5.94. The van der Waals surface area contributed by atoms with Crippen molar-refractivity contribution >= 4 is 23.9 Å². The van der Waals surface area contributed by atoms with Gasteiger partial charge in [0, 0.05) is 5.39 Å². The summed E-state index contributed by atoms with van der Waals surface area (Å²) in [6, 6.07) is 15.9. The monoisotopic (exact) mass is 415 g/mol. The van der Waals surface area contributed by atoms with Gasteiger partial charge in [-0.2, -0.15) is 0 Å². The van der Waals surface area contributed by atoms with Crippen LogP contribution < -0.4 is 10.2 Å². The van der Waals surface area contributed by atoms with E-state index >= 15 is 0 Å². The second kappa shape index (κ2) is 8.74. The maximum Gasteiger partial charge on any atom is 0.377 e. The Labute approximate surface area is 172 Å². The van der Waals surface area contributed by atoms with E-state index in [-0.39, 0.29) is 5.41 Å². The Morgan fingerprint density at radius 2 is 1.59 bits per heavy atom. The molecule has 0 bridgehead atoms. The lowest BCUT2D eigenvalue weighted by Gasteiger charge is -2.24. The number of aromatic nitrogens is 1. The van der Waals surface area contributed by atoms with Crippen molar-refractivity contribution in [3.63, 3.8) is 0 Å². The van der Waals surface area contributed by atoms with E-state index in [0.717, 1.165) is 22.0 Å². The van der Waals surface area contributed by atoms with E-state index in [1.54, 1.807) is 0 Å². The van der Waals surface area contributed by atoms with Crippen LogP contribution in [0.4, 0.5) is 0 Å². The lowest BCUT2D eigenvalue weighted by atomic mass is 9.87. The highest BCUT2D eigenvalue weighted by molar-refractivity contribution is 7.62. The molecule has 0 amide bonds. The highest BCUT2D eigenvalue weighted by Crippen LogP contribution is 2.50. The molecule has 0 unspecified atom stereocenters. The number of para-hydroxylation sites is 1. The molecule has 0 aliphatic rings. The summed E-state index contributed by atoms with van der Waals surface area (Å²) in [6.07, 6.45) is 0. The second-order valence-corrected chi connectivity index (χ2v) is 9.84. The molecule has 0 fully saturated rings. The van der Waals surface area contributed by atoms with Gasteiger partial charge >= 0.3 is 7.60 Å². The third kappa shape index (κ3) is 4.58. The van der Waals surface area contributed by atoms with E-state index in [0.29, 0.717) is 31.0 Å². The van der Waals surface area contributed by atoms with Gasteiger partial charge in [-0.25, -0.2) is 0 Å². The predicted molar refractivity (Wildman–Crippen MR) is 118 cm³/mol. The van der Waals surface area contributed by atoms with Crippen LogP contribution in [0.25, 0.3) is 10.9 Å². The van der Waals surface area contributed by atoms with Gasteiger partial charge in [-0.3, -0.25) is 4.57 Å². The normalized spacial score (nSPS) is 12.4. The highest BCUT2D eigenvalue weighted by Gasteiger charge is 2.37. The zero-order chi connectivity index (χ0) is 21.1. The van der Waals surface area contributed by atoms with E-state index in [2.05, 4.69) is 25.8 Å². The number of nitrogens with one attached hydrogen (secondary N) is 1. The molecule has 0 saturated carbocycles. The van der Waals surface area contributed by atoms with Crippen LogP contribution in [-0.4, -0.2) is 18.2 Å². The molecule has 0 aliphatic heterocycles. The van der Waals surface area contributed by atoms with E-state index in [9.17, 15) is 4.57 Å². The zero-order valence-corrected chi connectivity index (χ0v) is 18.7. The number of benzene rings is 2. The van der Waals surface area contributed by atoms with Gasteiger partial charge in [0.2, 0.25) is 0 Å². The molecule has 0 aliphatic carbocycles. The lowest BCUT2D eigenvalue weighted by molar-refractivity contribution is 0.229. The summed E-state index contributed by atoms with van der Waals surface area (Å²) in [5.74, 6) is 0.711. The smallest absolute Gasteiger partial charge is 0.377 e. The van der Waals surface area contributed by atoms with Crippen molar-refractivity contribution in [2.45, 2.75) is 46.6 Å². The van der Waals surface area contributed by atoms with Crippen LogP contribution in [0.5, 0.6) is 5.75 Å². The largest absolute Gasteiger partial charge is 0.487 e. The van der Waals surface area contributed by atoms with Crippen molar-refractivity contribution < 1.29 is 18.3 Å². The van der Waals surface area contributed by atoms with Crippen molar-refractivity contribution in [2.75, 3.05) is 13.2 Å². The summed E-state index contributed by atoms with van der Waals surface area (Å²) in [5, 5.41) is 0.970. The third-order valence-corrected chi connectivity index (χ3v) is 6.71.